The van der Waals surface area contributed by atoms with Crippen molar-refractivity contribution in [2.24, 2.45) is 16.0 Å². The number of anilines is 1. The summed E-state index contributed by atoms with van der Waals surface area (Å²) in [5.41, 5.74) is 11.7. The number of aliphatic imine (C=N–C) groups is 1. The van der Waals surface area contributed by atoms with Crippen molar-refractivity contribution in [3.63, 3.8) is 0 Å². The Morgan fingerprint density at radius 3 is 2.68 bits per heavy atom. The van der Waals surface area contributed by atoms with Gasteiger partial charge < -0.3 is 10.6 Å². The van der Waals surface area contributed by atoms with Gasteiger partial charge in [0.1, 0.15) is 11.5 Å². The van der Waals surface area contributed by atoms with Gasteiger partial charge in [0.15, 0.2) is 0 Å². The molecule has 5 rings (SSSR count). The second-order valence-corrected chi connectivity index (χ2v) is 11.1. The van der Waals surface area contributed by atoms with E-state index < -0.39 is 17.6 Å². The van der Waals surface area contributed by atoms with Gasteiger partial charge in [-0.25, -0.2) is 8.78 Å². The summed E-state index contributed by atoms with van der Waals surface area (Å²) in [5.74, 6) is -2.59. The summed E-state index contributed by atoms with van der Waals surface area (Å²) >= 11 is 0. The first-order valence-corrected chi connectivity index (χ1v) is 13.1. The van der Waals surface area contributed by atoms with Crippen LogP contribution in [-0.2, 0) is 17.1 Å². The highest BCUT2D eigenvalue weighted by molar-refractivity contribution is 6.03. The van der Waals surface area contributed by atoms with E-state index in [1.54, 1.807) is 25.1 Å². The van der Waals surface area contributed by atoms with Gasteiger partial charge in [0.05, 0.1) is 23.7 Å². The largest absolute Gasteiger partial charge is 0.399 e. The van der Waals surface area contributed by atoms with E-state index in [9.17, 15) is 13.6 Å². The number of hydrogen-bond donors (Lipinski definition) is 3. The number of nitrogens with zero attached hydrogens (tertiary/aromatic N) is 4. The number of halogens is 2. The zero-order chi connectivity index (χ0) is 26.7. The molecule has 8 nitrogen and oxygen atoms in total. The first kappa shape index (κ1) is 25.8. The van der Waals surface area contributed by atoms with E-state index in [1.807, 2.05) is 19.9 Å². The van der Waals surface area contributed by atoms with Gasteiger partial charge in [-0.1, -0.05) is 6.08 Å². The number of hydrogen-bond acceptors (Lipinski definition) is 6. The van der Waals surface area contributed by atoms with Crippen LogP contribution in [-0.4, -0.2) is 66.1 Å². The summed E-state index contributed by atoms with van der Waals surface area (Å²) in [6, 6.07) is 2.56. The Balaban J connectivity index is 1.56. The van der Waals surface area contributed by atoms with Gasteiger partial charge in [-0.15, -0.1) is 0 Å². The Hall–Kier alpha value is -2.85. The molecule has 0 spiro atoms. The summed E-state index contributed by atoms with van der Waals surface area (Å²) < 4.78 is 29.0. The quantitative estimate of drug-likeness (QED) is 0.538. The monoisotopic (exact) mass is 513 g/mol. The number of amides is 1. The number of hydrazone groups is 1. The average Bonchev–Trinajstić information content (AvgIpc) is 3.49. The van der Waals surface area contributed by atoms with Crippen LogP contribution in [0, 0.1) is 5.92 Å². The molecule has 3 aliphatic heterocycles. The van der Waals surface area contributed by atoms with Crippen LogP contribution in [0.4, 0.5) is 14.5 Å². The number of benzene rings is 1. The van der Waals surface area contributed by atoms with Crippen LogP contribution in [0.5, 0.6) is 0 Å². The van der Waals surface area contributed by atoms with E-state index >= 15 is 0 Å². The molecular weight excluding hydrogens is 476 g/mol. The Morgan fingerprint density at radius 2 is 2.00 bits per heavy atom. The number of carbonyl (C=O) groups excluding carboxylic acids is 1. The molecule has 4 aliphatic rings. The number of carbonyl (C=O) groups is 1. The molecule has 0 aromatic heterocycles. The van der Waals surface area contributed by atoms with E-state index in [1.165, 1.54) is 6.07 Å². The van der Waals surface area contributed by atoms with Crippen molar-refractivity contribution in [1.82, 2.24) is 20.5 Å². The van der Waals surface area contributed by atoms with Crippen LogP contribution in [0.15, 0.2) is 33.9 Å². The Morgan fingerprint density at radius 1 is 1.30 bits per heavy atom. The third kappa shape index (κ3) is 4.33. The van der Waals surface area contributed by atoms with Gasteiger partial charge in [-0.3, -0.25) is 25.4 Å². The third-order valence-electron chi connectivity index (χ3n) is 8.33. The van der Waals surface area contributed by atoms with Crippen LogP contribution >= 0.6 is 0 Å². The highest BCUT2D eigenvalue weighted by Crippen LogP contribution is 2.45. The number of likely N-dealkylation sites (tertiary alicyclic amines) is 1. The average molecular weight is 514 g/mol. The van der Waals surface area contributed by atoms with Crippen molar-refractivity contribution in [2.45, 2.75) is 70.1 Å². The molecule has 0 radical (unpaired) electrons. The van der Waals surface area contributed by atoms with Gasteiger partial charge in [0, 0.05) is 50.4 Å². The number of rotatable bonds is 4. The molecule has 1 saturated heterocycles. The Labute approximate surface area is 217 Å². The second-order valence-electron chi connectivity index (χ2n) is 11.1. The summed E-state index contributed by atoms with van der Waals surface area (Å²) in [6.07, 6.45) is 4.29. The first-order chi connectivity index (χ1) is 17.4. The predicted molar refractivity (Wildman–Crippen MR) is 142 cm³/mol. The fourth-order valence-electron chi connectivity index (χ4n) is 6.25. The van der Waals surface area contributed by atoms with Crippen molar-refractivity contribution in [2.75, 3.05) is 32.9 Å². The summed E-state index contributed by atoms with van der Waals surface area (Å²) in [4.78, 5) is 22.3. The maximum absolute atomic E-state index is 14.5. The number of fused-ring (bicyclic) bond motifs is 2. The molecule has 10 heteroatoms. The second kappa shape index (κ2) is 9.16. The minimum Gasteiger partial charge on any atom is -0.399 e. The molecule has 37 heavy (non-hydrogen) atoms. The van der Waals surface area contributed by atoms with E-state index in [0.29, 0.717) is 34.6 Å². The summed E-state index contributed by atoms with van der Waals surface area (Å²) in [5, 5.41) is 8.29. The molecular formula is C27H37F2N7O. The molecule has 0 bridgehead atoms. The molecule has 3 heterocycles. The van der Waals surface area contributed by atoms with Crippen LogP contribution < -0.4 is 16.5 Å². The maximum Gasteiger partial charge on any atom is 0.273 e. The Kier molecular flexibility index (Phi) is 6.39. The van der Waals surface area contributed by atoms with Crippen molar-refractivity contribution < 1.29 is 13.6 Å². The number of nitrogen functional groups attached to an aromatic ring is 1. The smallest absolute Gasteiger partial charge is 0.273 e. The fourth-order valence-corrected chi connectivity index (χ4v) is 6.25. The topological polar surface area (TPSA) is 98.3 Å². The highest BCUT2D eigenvalue weighted by Gasteiger charge is 2.49. The van der Waals surface area contributed by atoms with Gasteiger partial charge in [0.2, 0.25) is 0 Å². The lowest BCUT2D eigenvalue weighted by atomic mass is 9.81. The van der Waals surface area contributed by atoms with E-state index in [2.05, 4.69) is 27.7 Å². The molecule has 4 atom stereocenters. The van der Waals surface area contributed by atoms with E-state index in [-0.39, 0.29) is 29.9 Å². The first-order valence-electron chi connectivity index (χ1n) is 13.1. The molecule has 1 aromatic carbocycles. The highest BCUT2D eigenvalue weighted by atomic mass is 19.3. The number of alkyl halides is 2. The third-order valence-corrected chi connectivity index (χ3v) is 8.33. The minimum absolute atomic E-state index is 0.0115. The van der Waals surface area contributed by atoms with Gasteiger partial charge >= 0.3 is 0 Å². The molecule has 3 unspecified atom stereocenters. The zero-order valence-corrected chi connectivity index (χ0v) is 22.2. The fraction of sp³-hybridized carbons (Fsp3) is 0.593. The standard InChI is InChI=1S/C27H37F2N7O/c1-15(19-12-17(30)13-21-18(19)8-9-27(21,28)29)31-24-20-14-22(25(37)35(4)5)26(3,36-10-6-7-11-36)32-23(20)16(2)33-34-24/h12-15,20,23,32H,6-11,30H2,1-5H3,(H,31,34)/t15-,20?,23?,26?/m1/s1. The SMILES string of the molecule is CC1=NNC(=N[C@H](C)c2cc(N)cc3c2CCC3(F)F)C2C=C(C(=O)N(C)C)C(C)(N3CCCC3)NC12. The normalized spacial score (nSPS) is 30.7. The summed E-state index contributed by atoms with van der Waals surface area (Å²) in [7, 11) is 3.53. The lowest BCUT2D eigenvalue weighted by Gasteiger charge is -2.49. The predicted octanol–water partition coefficient (Wildman–Crippen LogP) is 3.16. The van der Waals surface area contributed by atoms with Crippen molar-refractivity contribution in [1.29, 1.82) is 0 Å². The van der Waals surface area contributed by atoms with Gasteiger partial charge in [-0.05, 0) is 63.3 Å². The molecule has 1 aliphatic carbocycles. The van der Waals surface area contributed by atoms with Crippen molar-refractivity contribution >= 4 is 23.1 Å². The van der Waals surface area contributed by atoms with Crippen molar-refractivity contribution in [3.8, 4) is 0 Å². The molecule has 1 fully saturated rings. The number of nitrogens with two attached hydrogens (primary N) is 1. The van der Waals surface area contributed by atoms with Crippen LogP contribution in [0.2, 0.25) is 0 Å². The molecule has 1 aromatic rings. The van der Waals surface area contributed by atoms with E-state index in [4.69, 9.17) is 10.7 Å². The zero-order valence-electron chi connectivity index (χ0n) is 22.2. The van der Waals surface area contributed by atoms with Gasteiger partial charge in [-0.2, -0.15) is 5.10 Å². The maximum atomic E-state index is 14.5. The number of likely N-dealkylation sites (N-methyl/N-ethyl adjacent to an activating group) is 1. The number of nitrogens with one attached hydrogen (secondary N) is 2. The van der Waals surface area contributed by atoms with Crippen LogP contribution in [0.3, 0.4) is 0 Å². The molecule has 1 amide bonds. The molecule has 200 valence electrons. The molecule has 4 N–H and O–H groups in total. The van der Waals surface area contributed by atoms with E-state index in [0.717, 1.165) is 31.6 Å². The lowest BCUT2D eigenvalue weighted by molar-refractivity contribution is -0.126. The van der Waals surface area contributed by atoms with Gasteiger partial charge in [0.25, 0.3) is 11.8 Å². The Bertz CT molecular complexity index is 1200. The molecule has 0 saturated carbocycles. The van der Waals surface area contributed by atoms with Crippen molar-refractivity contribution in [3.05, 3.63) is 40.5 Å². The summed E-state index contributed by atoms with van der Waals surface area (Å²) in [6.45, 7) is 7.75. The van der Waals surface area contributed by atoms with Crippen LogP contribution in [0.1, 0.15) is 62.8 Å². The van der Waals surface area contributed by atoms with Crippen LogP contribution in [0.25, 0.3) is 0 Å². The number of amidine groups is 1. The minimum atomic E-state index is -2.88. The lowest BCUT2D eigenvalue weighted by Crippen LogP contribution is -2.69.